The van der Waals surface area contributed by atoms with E-state index in [1.54, 1.807) is 0 Å². The molecule has 0 radical (unpaired) electrons. The third kappa shape index (κ3) is 3.49. The van der Waals surface area contributed by atoms with Crippen LogP contribution in [0.25, 0.3) is 0 Å². The number of aliphatic hydroxyl groups is 1. The van der Waals surface area contributed by atoms with Gasteiger partial charge in [0.1, 0.15) is 12.0 Å². The molecule has 0 atom stereocenters. The van der Waals surface area contributed by atoms with Crippen LogP contribution in [0.15, 0.2) is 6.33 Å². The van der Waals surface area contributed by atoms with Crippen molar-refractivity contribution in [3.63, 3.8) is 0 Å². The fourth-order valence-corrected chi connectivity index (χ4v) is 2.33. The molecular weight excluding hydrogens is 260 g/mol. The van der Waals surface area contributed by atoms with Crippen molar-refractivity contribution < 1.29 is 14.6 Å². The molecule has 0 amide bonds. The van der Waals surface area contributed by atoms with E-state index in [0.717, 1.165) is 31.7 Å². The molecule has 0 bridgehead atoms. The van der Waals surface area contributed by atoms with Crippen molar-refractivity contribution >= 4 is 11.5 Å². The highest BCUT2D eigenvalue weighted by atomic mass is 16.5. The van der Waals surface area contributed by atoms with Crippen molar-refractivity contribution in [1.29, 1.82) is 0 Å². The zero-order valence-corrected chi connectivity index (χ0v) is 11.8. The van der Waals surface area contributed by atoms with Gasteiger partial charge < -0.3 is 25.2 Å². The van der Waals surface area contributed by atoms with Gasteiger partial charge in [-0.05, 0) is 19.8 Å². The summed E-state index contributed by atoms with van der Waals surface area (Å²) in [7, 11) is 0. The molecule has 3 N–H and O–H groups in total. The standard InChI is InChI=1S/C13H22N4O3/c1-2-19-13-11(14)12(15-9-16-13)17-5-3-10(4-6-17)20-8-7-18/h9-10,18H,2-8,14H2,1H3. The van der Waals surface area contributed by atoms with Gasteiger partial charge in [0, 0.05) is 13.1 Å². The van der Waals surface area contributed by atoms with E-state index >= 15 is 0 Å². The van der Waals surface area contributed by atoms with Crippen molar-refractivity contribution in [3.8, 4) is 5.88 Å². The van der Waals surface area contributed by atoms with E-state index in [2.05, 4.69) is 14.9 Å². The largest absolute Gasteiger partial charge is 0.476 e. The first kappa shape index (κ1) is 14.8. The Labute approximate surface area is 118 Å². The van der Waals surface area contributed by atoms with E-state index in [-0.39, 0.29) is 12.7 Å². The van der Waals surface area contributed by atoms with Crippen LogP contribution in [-0.4, -0.2) is 54.1 Å². The number of nitrogens with zero attached hydrogens (tertiary/aromatic N) is 3. The Hall–Kier alpha value is -1.60. The summed E-state index contributed by atoms with van der Waals surface area (Å²) >= 11 is 0. The van der Waals surface area contributed by atoms with Gasteiger partial charge >= 0.3 is 0 Å². The lowest BCUT2D eigenvalue weighted by molar-refractivity contribution is 0.0158. The first-order valence-electron chi connectivity index (χ1n) is 6.97. The average Bonchev–Trinajstić information content (AvgIpc) is 2.48. The van der Waals surface area contributed by atoms with E-state index < -0.39 is 0 Å². The second kappa shape index (κ2) is 7.25. The summed E-state index contributed by atoms with van der Waals surface area (Å²) in [6, 6.07) is 0. The smallest absolute Gasteiger partial charge is 0.242 e. The highest BCUT2D eigenvalue weighted by Crippen LogP contribution is 2.30. The Kier molecular flexibility index (Phi) is 5.37. The van der Waals surface area contributed by atoms with E-state index in [9.17, 15) is 0 Å². The molecule has 0 saturated carbocycles. The quantitative estimate of drug-likeness (QED) is 0.781. The molecule has 0 spiro atoms. The van der Waals surface area contributed by atoms with Gasteiger partial charge in [-0.2, -0.15) is 4.98 Å². The maximum atomic E-state index is 8.76. The van der Waals surface area contributed by atoms with Gasteiger partial charge in [-0.15, -0.1) is 0 Å². The normalized spacial score (nSPS) is 16.4. The SMILES string of the molecule is CCOc1ncnc(N2CCC(OCCO)CC2)c1N. The van der Waals surface area contributed by atoms with Gasteiger partial charge in [0.05, 0.1) is 25.9 Å². The zero-order chi connectivity index (χ0) is 14.4. The van der Waals surface area contributed by atoms with E-state index in [1.165, 1.54) is 6.33 Å². The van der Waals surface area contributed by atoms with Crippen molar-refractivity contribution in [2.75, 3.05) is 43.5 Å². The molecule has 0 aromatic carbocycles. The fourth-order valence-electron chi connectivity index (χ4n) is 2.33. The lowest BCUT2D eigenvalue weighted by Gasteiger charge is -2.33. The van der Waals surface area contributed by atoms with Crippen molar-refractivity contribution in [1.82, 2.24) is 9.97 Å². The molecule has 1 fully saturated rings. The third-order valence-corrected chi connectivity index (χ3v) is 3.29. The first-order chi connectivity index (χ1) is 9.76. The number of hydrogen-bond acceptors (Lipinski definition) is 7. The van der Waals surface area contributed by atoms with Crippen LogP contribution in [0.1, 0.15) is 19.8 Å². The maximum Gasteiger partial charge on any atom is 0.242 e. The third-order valence-electron chi connectivity index (χ3n) is 3.29. The Morgan fingerprint density at radius 2 is 2.15 bits per heavy atom. The van der Waals surface area contributed by atoms with Crippen LogP contribution in [0, 0.1) is 0 Å². The minimum atomic E-state index is 0.0663. The summed E-state index contributed by atoms with van der Waals surface area (Å²) in [5, 5.41) is 8.76. The molecule has 112 valence electrons. The number of rotatable bonds is 6. The molecule has 1 saturated heterocycles. The molecule has 1 aliphatic heterocycles. The zero-order valence-electron chi connectivity index (χ0n) is 11.8. The van der Waals surface area contributed by atoms with E-state index in [0.29, 0.717) is 24.8 Å². The summed E-state index contributed by atoms with van der Waals surface area (Å²) in [5.74, 6) is 1.17. The van der Waals surface area contributed by atoms with Crippen LogP contribution in [0.5, 0.6) is 5.88 Å². The maximum absolute atomic E-state index is 8.76. The topological polar surface area (TPSA) is 93.7 Å². The average molecular weight is 282 g/mol. The fraction of sp³-hybridized carbons (Fsp3) is 0.692. The van der Waals surface area contributed by atoms with E-state index in [1.807, 2.05) is 6.92 Å². The van der Waals surface area contributed by atoms with Crippen LogP contribution in [-0.2, 0) is 4.74 Å². The number of anilines is 2. The van der Waals surface area contributed by atoms with E-state index in [4.69, 9.17) is 20.3 Å². The molecule has 20 heavy (non-hydrogen) atoms. The van der Waals surface area contributed by atoms with Crippen molar-refractivity contribution in [2.45, 2.75) is 25.9 Å². The predicted molar refractivity (Wildman–Crippen MR) is 75.9 cm³/mol. The monoisotopic (exact) mass is 282 g/mol. The van der Waals surface area contributed by atoms with Gasteiger partial charge in [-0.1, -0.05) is 0 Å². The molecule has 0 unspecified atom stereocenters. The summed E-state index contributed by atoms with van der Waals surface area (Å²) in [4.78, 5) is 10.4. The van der Waals surface area contributed by atoms with Crippen molar-refractivity contribution in [3.05, 3.63) is 6.33 Å². The summed E-state index contributed by atoms with van der Waals surface area (Å²) in [5.41, 5.74) is 6.55. The lowest BCUT2D eigenvalue weighted by Crippen LogP contribution is -2.38. The highest BCUT2D eigenvalue weighted by molar-refractivity contribution is 5.67. The molecule has 7 nitrogen and oxygen atoms in total. The molecule has 1 aliphatic rings. The summed E-state index contributed by atoms with van der Waals surface area (Å²) in [6.45, 7) is 4.53. The second-order valence-electron chi connectivity index (χ2n) is 4.63. The molecule has 7 heteroatoms. The van der Waals surface area contributed by atoms with Crippen LogP contribution in [0.2, 0.25) is 0 Å². The number of nitrogen functional groups attached to an aromatic ring is 1. The minimum Gasteiger partial charge on any atom is -0.476 e. The molecule has 1 aromatic heterocycles. The first-order valence-corrected chi connectivity index (χ1v) is 6.97. The van der Waals surface area contributed by atoms with Crippen LogP contribution < -0.4 is 15.4 Å². The van der Waals surface area contributed by atoms with Gasteiger partial charge in [-0.25, -0.2) is 4.98 Å². The Bertz CT molecular complexity index is 422. The number of piperidine rings is 1. The predicted octanol–water partition coefficient (Wildman–Crippen LogP) is 0.435. The Balaban J connectivity index is 1.98. The second-order valence-corrected chi connectivity index (χ2v) is 4.63. The van der Waals surface area contributed by atoms with Crippen LogP contribution in [0.3, 0.4) is 0 Å². The number of aromatic nitrogens is 2. The van der Waals surface area contributed by atoms with Crippen LogP contribution >= 0.6 is 0 Å². The van der Waals surface area contributed by atoms with Gasteiger partial charge in [0.15, 0.2) is 5.82 Å². The highest BCUT2D eigenvalue weighted by Gasteiger charge is 2.23. The minimum absolute atomic E-state index is 0.0663. The lowest BCUT2D eigenvalue weighted by atomic mass is 10.1. The van der Waals surface area contributed by atoms with Crippen molar-refractivity contribution in [2.24, 2.45) is 0 Å². The van der Waals surface area contributed by atoms with Gasteiger partial charge in [0.2, 0.25) is 5.88 Å². The molecule has 2 heterocycles. The Morgan fingerprint density at radius 1 is 1.40 bits per heavy atom. The number of aliphatic hydroxyl groups excluding tert-OH is 1. The van der Waals surface area contributed by atoms with Gasteiger partial charge in [-0.3, -0.25) is 0 Å². The molecular formula is C13H22N4O3. The summed E-state index contributed by atoms with van der Waals surface area (Å²) < 4.78 is 10.9. The Morgan fingerprint density at radius 3 is 2.80 bits per heavy atom. The number of nitrogens with two attached hydrogens (primary N) is 1. The molecule has 2 rings (SSSR count). The number of ether oxygens (including phenoxy) is 2. The van der Waals surface area contributed by atoms with Crippen LogP contribution in [0.4, 0.5) is 11.5 Å². The molecule has 1 aromatic rings. The molecule has 0 aliphatic carbocycles. The summed E-state index contributed by atoms with van der Waals surface area (Å²) in [6.07, 6.45) is 3.47. The number of hydrogen-bond donors (Lipinski definition) is 2. The van der Waals surface area contributed by atoms with Gasteiger partial charge in [0.25, 0.3) is 0 Å².